The van der Waals surface area contributed by atoms with Gasteiger partial charge in [-0.1, -0.05) is 28.9 Å². The molecule has 4 heteroatoms. The first-order valence-corrected chi connectivity index (χ1v) is 7.10. The molecule has 1 aromatic rings. The molecule has 98 valence electrons. The molecule has 1 unspecified atom stereocenters. The van der Waals surface area contributed by atoms with Crippen LogP contribution in [-0.2, 0) is 4.79 Å². The van der Waals surface area contributed by atoms with Gasteiger partial charge in [-0.25, -0.2) is 0 Å². The van der Waals surface area contributed by atoms with Crippen LogP contribution >= 0.6 is 15.9 Å². The predicted octanol–water partition coefficient (Wildman–Crippen LogP) is 3.09. The Hall–Kier alpha value is -1.03. The van der Waals surface area contributed by atoms with E-state index in [1.165, 1.54) is 6.42 Å². The van der Waals surface area contributed by atoms with Crippen LogP contribution in [0.5, 0.6) is 5.75 Å². The number of likely N-dealkylation sites (tertiary alicyclic amines) is 1. The van der Waals surface area contributed by atoms with Gasteiger partial charge in [0.25, 0.3) is 5.91 Å². The molecule has 18 heavy (non-hydrogen) atoms. The summed E-state index contributed by atoms with van der Waals surface area (Å²) in [7, 11) is 0. The summed E-state index contributed by atoms with van der Waals surface area (Å²) in [4.78, 5) is 13.9. The SMILES string of the molecule is CC1CCCN(C(=O)COc2cccc(Br)c2)C1. The maximum absolute atomic E-state index is 12.0. The summed E-state index contributed by atoms with van der Waals surface area (Å²) >= 11 is 3.38. The molecule has 1 heterocycles. The zero-order chi connectivity index (χ0) is 13.0. The number of carbonyl (C=O) groups excluding carboxylic acids is 1. The molecule has 0 aliphatic carbocycles. The second-order valence-corrected chi connectivity index (χ2v) is 5.75. The molecule has 0 saturated carbocycles. The van der Waals surface area contributed by atoms with Gasteiger partial charge in [0.2, 0.25) is 0 Å². The predicted molar refractivity (Wildman–Crippen MR) is 74.6 cm³/mol. The normalized spacial score (nSPS) is 19.7. The Balaban J connectivity index is 1.84. The van der Waals surface area contributed by atoms with Crippen molar-refractivity contribution in [3.63, 3.8) is 0 Å². The molecular formula is C14H18BrNO2. The van der Waals surface area contributed by atoms with Crippen molar-refractivity contribution >= 4 is 21.8 Å². The summed E-state index contributed by atoms with van der Waals surface area (Å²) in [6, 6.07) is 7.55. The van der Waals surface area contributed by atoms with Gasteiger partial charge < -0.3 is 9.64 Å². The van der Waals surface area contributed by atoms with Crippen LogP contribution in [0.25, 0.3) is 0 Å². The quantitative estimate of drug-likeness (QED) is 0.858. The second-order valence-electron chi connectivity index (χ2n) is 4.83. The third-order valence-electron chi connectivity index (χ3n) is 3.17. The van der Waals surface area contributed by atoms with Gasteiger partial charge in [0.15, 0.2) is 6.61 Å². The lowest BCUT2D eigenvalue weighted by Crippen LogP contribution is -2.41. The van der Waals surface area contributed by atoms with Crippen molar-refractivity contribution < 1.29 is 9.53 Å². The maximum Gasteiger partial charge on any atom is 0.260 e. The Morgan fingerprint density at radius 1 is 1.56 bits per heavy atom. The standard InChI is InChI=1S/C14H18BrNO2/c1-11-4-3-7-16(9-11)14(17)10-18-13-6-2-5-12(15)8-13/h2,5-6,8,11H,3-4,7,9-10H2,1H3. The van der Waals surface area contributed by atoms with Crippen molar-refractivity contribution in [1.29, 1.82) is 0 Å². The van der Waals surface area contributed by atoms with Crippen molar-refractivity contribution in [2.24, 2.45) is 5.92 Å². The van der Waals surface area contributed by atoms with Gasteiger partial charge in [0.1, 0.15) is 5.75 Å². The van der Waals surface area contributed by atoms with Crippen LogP contribution in [0.1, 0.15) is 19.8 Å². The summed E-state index contributed by atoms with van der Waals surface area (Å²) in [5.41, 5.74) is 0. The Bertz CT molecular complexity index is 422. The number of carbonyl (C=O) groups is 1. The molecule has 1 aliphatic heterocycles. The first kappa shape index (κ1) is 13.4. The van der Waals surface area contributed by atoms with Gasteiger partial charge >= 0.3 is 0 Å². The van der Waals surface area contributed by atoms with E-state index in [1.807, 2.05) is 29.2 Å². The molecule has 1 aliphatic rings. The van der Waals surface area contributed by atoms with E-state index in [9.17, 15) is 4.79 Å². The van der Waals surface area contributed by atoms with Crippen LogP contribution in [0.3, 0.4) is 0 Å². The van der Waals surface area contributed by atoms with Gasteiger partial charge in [-0.3, -0.25) is 4.79 Å². The van der Waals surface area contributed by atoms with Crippen LogP contribution in [-0.4, -0.2) is 30.5 Å². The molecule has 1 amide bonds. The van der Waals surface area contributed by atoms with E-state index in [1.54, 1.807) is 0 Å². The van der Waals surface area contributed by atoms with Crippen molar-refractivity contribution in [3.05, 3.63) is 28.7 Å². The highest BCUT2D eigenvalue weighted by Gasteiger charge is 2.20. The summed E-state index contributed by atoms with van der Waals surface area (Å²) < 4.78 is 6.47. The van der Waals surface area contributed by atoms with Gasteiger partial charge in [-0.05, 0) is 37.0 Å². The number of rotatable bonds is 3. The molecule has 3 nitrogen and oxygen atoms in total. The fourth-order valence-electron chi connectivity index (χ4n) is 2.21. The van der Waals surface area contributed by atoms with E-state index < -0.39 is 0 Å². The summed E-state index contributed by atoms with van der Waals surface area (Å²) in [6.45, 7) is 4.05. The lowest BCUT2D eigenvalue weighted by Gasteiger charge is -2.30. The van der Waals surface area contributed by atoms with Crippen molar-refractivity contribution in [3.8, 4) is 5.75 Å². The van der Waals surface area contributed by atoms with E-state index in [-0.39, 0.29) is 12.5 Å². The summed E-state index contributed by atoms with van der Waals surface area (Å²) in [5.74, 6) is 1.41. The Morgan fingerprint density at radius 2 is 2.39 bits per heavy atom. The van der Waals surface area contributed by atoms with Crippen molar-refractivity contribution in [2.45, 2.75) is 19.8 Å². The van der Waals surface area contributed by atoms with Crippen LogP contribution in [0, 0.1) is 5.92 Å². The number of benzene rings is 1. The zero-order valence-corrected chi connectivity index (χ0v) is 12.1. The van der Waals surface area contributed by atoms with E-state index in [0.29, 0.717) is 5.92 Å². The maximum atomic E-state index is 12.0. The van der Waals surface area contributed by atoms with Crippen molar-refractivity contribution in [2.75, 3.05) is 19.7 Å². The first-order valence-electron chi connectivity index (χ1n) is 6.31. The zero-order valence-electron chi connectivity index (χ0n) is 10.6. The lowest BCUT2D eigenvalue weighted by atomic mass is 10.0. The molecule has 0 aromatic heterocycles. The monoisotopic (exact) mass is 311 g/mol. The third-order valence-corrected chi connectivity index (χ3v) is 3.66. The molecule has 0 spiro atoms. The Morgan fingerprint density at radius 3 is 3.11 bits per heavy atom. The molecule has 1 saturated heterocycles. The molecule has 0 N–H and O–H groups in total. The first-order chi connectivity index (χ1) is 8.65. The van der Waals surface area contributed by atoms with Gasteiger partial charge in [0, 0.05) is 17.6 Å². The Kier molecular flexibility index (Phi) is 4.64. The largest absolute Gasteiger partial charge is 0.484 e. The van der Waals surface area contributed by atoms with Crippen molar-refractivity contribution in [1.82, 2.24) is 4.90 Å². The average Bonchev–Trinajstić information content (AvgIpc) is 2.36. The van der Waals surface area contributed by atoms with Gasteiger partial charge in [0.05, 0.1) is 0 Å². The van der Waals surface area contributed by atoms with E-state index >= 15 is 0 Å². The second kappa shape index (κ2) is 6.23. The van der Waals surface area contributed by atoms with Gasteiger partial charge in [-0.15, -0.1) is 0 Å². The van der Waals surface area contributed by atoms with Crippen LogP contribution in [0.4, 0.5) is 0 Å². The number of ether oxygens (including phenoxy) is 1. The number of piperidine rings is 1. The number of nitrogens with zero attached hydrogens (tertiary/aromatic N) is 1. The minimum atomic E-state index is 0.0847. The number of hydrogen-bond donors (Lipinski definition) is 0. The fraction of sp³-hybridized carbons (Fsp3) is 0.500. The number of halogens is 1. The van der Waals surface area contributed by atoms with Crippen LogP contribution < -0.4 is 4.74 Å². The molecule has 0 radical (unpaired) electrons. The summed E-state index contributed by atoms with van der Waals surface area (Å²) in [5, 5.41) is 0. The molecular weight excluding hydrogens is 294 g/mol. The average molecular weight is 312 g/mol. The fourth-order valence-corrected chi connectivity index (χ4v) is 2.59. The highest BCUT2D eigenvalue weighted by molar-refractivity contribution is 9.10. The third kappa shape index (κ3) is 3.73. The van der Waals surface area contributed by atoms with Gasteiger partial charge in [-0.2, -0.15) is 0 Å². The molecule has 0 bridgehead atoms. The van der Waals surface area contributed by atoms with E-state index in [0.717, 1.165) is 29.7 Å². The molecule has 1 atom stereocenters. The number of hydrogen-bond acceptors (Lipinski definition) is 2. The number of amides is 1. The Labute approximate surface area is 116 Å². The molecule has 2 rings (SSSR count). The summed E-state index contributed by atoms with van der Waals surface area (Å²) in [6.07, 6.45) is 2.32. The topological polar surface area (TPSA) is 29.5 Å². The molecule has 1 aromatic carbocycles. The van der Waals surface area contributed by atoms with Crippen LogP contribution in [0.2, 0.25) is 0 Å². The van der Waals surface area contributed by atoms with Crippen LogP contribution in [0.15, 0.2) is 28.7 Å². The minimum absolute atomic E-state index is 0.0847. The highest BCUT2D eigenvalue weighted by atomic mass is 79.9. The molecule has 1 fully saturated rings. The van der Waals surface area contributed by atoms with E-state index in [2.05, 4.69) is 22.9 Å². The lowest BCUT2D eigenvalue weighted by molar-refractivity contribution is -0.135. The minimum Gasteiger partial charge on any atom is -0.484 e. The van der Waals surface area contributed by atoms with E-state index in [4.69, 9.17) is 4.74 Å². The highest BCUT2D eigenvalue weighted by Crippen LogP contribution is 2.19. The smallest absolute Gasteiger partial charge is 0.260 e.